The van der Waals surface area contributed by atoms with E-state index in [-0.39, 0.29) is 17.9 Å². The van der Waals surface area contributed by atoms with E-state index in [0.29, 0.717) is 26.1 Å². The average Bonchev–Trinajstić information content (AvgIpc) is 3.01. The molecule has 1 aliphatic rings. The van der Waals surface area contributed by atoms with E-state index >= 15 is 0 Å². The van der Waals surface area contributed by atoms with Crippen LogP contribution in [0.2, 0.25) is 0 Å². The molecule has 1 atom stereocenters. The molecule has 1 aromatic heterocycles. The second-order valence-corrected chi connectivity index (χ2v) is 6.15. The topological polar surface area (TPSA) is 58.4 Å². The molecule has 1 saturated heterocycles. The largest absolute Gasteiger partial charge is 0.342 e. The maximum absolute atomic E-state index is 12.6. The van der Waals surface area contributed by atoms with Crippen molar-refractivity contribution in [2.45, 2.75) is 58.5 Å². The van der Waals surface area contributed by atoms with Crippen LogP contribution >= 0.6 is 0 Å². The summed E-state index contributed by atoms with van der Waals surface area (Å²) in [5.74, 6) is 1.15. The van der Waals surface area contributed by atoms with Crippen LogP contribution in [0.1, 0.15) is 45.4 Å². The van der Waals surface area contributed by atoms with Crippen LogP contribution < -0.4 is 0 Å². The highest BCUT2D eigenvalue weighted by molar-refractivity contribution is 5.88. The van der Waals surface area contributed by atoms with Gasteiger partial charge in [0, 0.05) is 51.9 Å². The third-order valence-corrected chi connectivity index (χ3v) is 4.55. The number of aryl methyl sites for hydroxylation is 2. The quantitative estimate of drug-likeness (QED) is 0.768. The molecule has 23 heavy (non-hydrogen) atoms. The van der Waals surface area contributed by atoms with Crippen molar-refractivity contribution in [2.75, 3.05) is 20.1 Å². The van der Waals surface area contributed by atoms with Crippen LogP contribution in [0.15, 0.2) is 12.4 Å². The molecule has 0 bridgehead atoms. The van der Waals surface area contributed by atoms with Gasteiger partial charge in [0.05, 0.1) is 0 Å². The van der Waals surface area contributed by atoms with Gasteiger partial charge in [0.1, 0.15) is 11.9 Å². The van der Waals surface area contributed by atoms with E-state index in [2.05, 4.69) is 18.8 Å². The number of amides is 2. The lowest BCUT2D eigenvalue weighted by atomic mass is 10.0. The summed E-state index contributed by atoms with van der Waals surface area (Å²) < 4.78 is 2.02. The molecular weight excluding hydrogens is 292 g/mol. The second-order valence-electron chi connectivity index (χ2n) is 6.15. The molecule has 1 aliphatic heterocycles. The zero-order chi connectivity index (χ0) is 16.8. The first-order valence-electron chi connectivity index (χ1n) is 8.62. The van der Waals surface area contributed by atoms with Gasteiger partial charge in [-0.25, -0.2) is 4.98 Å². The lowest BCUT2D eigenvalue weighted by Crippen LogP contribution is -2.57. The summed E-state index contributed by atoms with van der Waals surface area (Å²) in [5, 5.41) is 0. The van der Waals surface area contributed by atoms with Crippen molar-refractivity contribution in [3.63, 3.8) is 0 Å². The van der Waals surface area contributed by atoms with E-state index in [9.17, 15) is 9.59 Å². The fourth-order valence-electron chi connectivity index (χ4n) is 3.10. The van der Waals surface area contributed by atoms with Gasteiger partial charge in [-0.05, 0) is 6.42 Å². The van der Waals surface area contributed by atoms with E-state index in [1.807, 2.05) is 17.8 Å². The van der Waals surface area contributed by atoms with Gasteiger partial charge in [0.2, 0.25) is 11.8 Å². The Hall–Kier alpha value is -1.85. The van der Waals surface area contributed by atoms with Crippen molar-refractivity contribution in [2.24, 2.45) is 0 Å². The Morgan fingerprint density at radius 3 is 2.83 bits per heavy atom. The summed E-state index contributed by atoms with van der Waals surface area (Å²) in [7, 11) is 1.82. The van der Waals surface area contributed by atoms with E-state index in [0.717, 1.165) is 31.5 Å². The summed E-state index contributed by atoms with van der Waals surface area (Å²) in [4.78, 5) is 32.9. The van der Waals surface area contributed by atoms with E-state index in [1.54, 1.807) is 16.0 Å². The lowest BCUT2D eigenvalue weighted by molar-refractivity contribution is -0.150. The van der Waals surface area contributed by atoms with Crippen LogP contribution in [-0.2, 0) is 22.6 Å². The number of carbonyl (C=O) groups is 2. The first-order chi connectivity index (χ1) is 11.1. The van der Waals surface area contributed by atoms with Crippen LogP contribution in [0.4, 0.5) is 0 Å². The average molecular weight is 320 g/mol. The molecule has 0 aliphatic carbocycles. The number of imidazole rings is 1. The molecule has 0 aromatic carbocycles. The summed E-state index contributed by atoms with van der Waals surface area (Å²) in [6.07, 6.45) is 7.72. The van der Waals surface area contributed by atoms with Gasteiger partial charge in [0.25, 0.3) is 0 Å². The second kappa shape index (κ2) is 8.13. The fraction of sp³-hybridized carbons (Fsp3) is 0.706. The van der Waals surface area contributed by atoms with Crippen molar-refractivity contribution < 1.29 is 9.59 Å². The Kier molecular flexibility index (Phi) is 6.19. The highest BCUT2D eigenvalue weighted by atomic mass is 16.2. The van der Waals surface area contributed by atoms with E-state index in [4.69, 9.17) is 0 Å². The maximum atomic E-state index is 12.6. The first-order valence-corrected chi connectivity index (χ1v) is 8.62. The molecule has 0 radical (unpaired) electrons. The van der Waals surface area contributed by atoms with Gasteiger partial charge < -0.3 is 14.4 Å². The number of likely N-dealkylation sites (N-methyl/N-ethyl adjacent to an activating group) is 1. The van der Waals surface area contributed by atoms with Gasteiger partial charge in [-0.2, -0.15) is 0 Å². The highest BCUT2D eigenvalue weighted by Gasteiger charge is 2.34. The maximum Gasteiger partial charge on any atom is 0.245 e. The van der Waals surface area contributed by atoms with Gasteiger partial charge in [-0.1, -0.05) is 26.7 Å². The van der Waals surface area contributed by atoms with Crippen molar-refractivity contribution in [1.29, 1.82) is 0 Å². The molecule has 1 aromatic rings. The Morgan fingerprint density at radius 1 is 1.35 bits per heavy atom. The molecule has 2 amide bonds. The zero-order valence-corrected chi connectivity index (χ0v) is 14.5. The SMILES string of the molecule is CCCC[C@H]1C(=O)N(C)CCN1C(=O)CCn1ccnc1CC. The summed E-state index contributed by atoms with van der Waals surface area (Å²) in [5.41, 5.74) is 0. The molecule has 6 nitrogen and oxygen atoms in total. The number of aromatic nitrogens is 2. The van der Waals surface area contributed by atoms with Crippen LogP contribution in [0, 0.1) is 0 Å². The minimum atomic E-state index is -0.283. The molecule has 0 spiro atoms. The fourth-order valence-corrected chi connectivity index (χ4v) is 3.10. The molecule has 0 N–H and O–H groups in total. The van der Waals surface area contributed by atoms with Gasteiger partial charge in [0.15, 0.2) is 0 Å². The predicted molar refractivity (Wildman–Crippen MR) is 88.9 cm³/mol. The van der Waals surface area contributed by atoms with Crippen molar-refractivity contribution in [3.05, 3.63) is 18.2 Å². The highest BCUT2D eigenvalue weighted by Crippen LogP contribution is 2.17. The minimum absolute atomic E-state index is 0.0725. The number of unbranched alkanes of at least 4 members (excludes halogenated alkanes) is 1. The number of carbonyl (C=O) groups excluding carboxylic acids is 2. The Balaban J connectivity index is 1.99. The monoisotopic (exact) mass is 320 g/mol. The summed E-state index contributed by atoms with van der Waals surface area (Å²) in [6, 6.07) is -0.283. The van der Waals surface area contributed by atoms with Crippen LogP contribution in [0.25, 0.3) is 0 Å². The zero-order valence-electron chi connectivity index (χ0n) is 14.5. The van der Waals surface area contributed by atoms with E-state index in [1.165, 1.54) is 0 Å². The molecule has 128 valence electrons. The van der Waals surface area contributed by atoms with Crippen molar-refractivity contribution >= 4 is 11.8 Å². The molecular formula is C17H28N4O2. The summed E-state index contributed by atoms with van der Waals surface area (Å²) in [6.45, 7) is 6.05. The number of hydrogen-bond acceptors (Lipinski definition) is 3. The number of nitrogens with zero attached hydrogens (tertiary/aromatic N) is 4. The molecule has 6 heteroatoms. The van der Waals surface area contributed by atoms with Crippen LogP contribution in [-0.4, -0.2) is 57.3 Å². The van der Waals surface area contributed by atoms with E-state index < -0.39 is 0 Å². The van der Waals surface area contributed by atoms with Gasteiger partial charge in [-0.15, -0.1) is 0 Å². The normalized spacial score (nSPS) is 18.6. The number of piperazine rings is 1. The lowest BCUT2D eigenvalue weighted by Gasteiger charge is -2.39. The summed E-state index contributed by atoms with van der Waals surface area (Å²) >= 11 is 0. The van der Waals surface area contributed by atoms with Crippen LogP contribution in [0.3, 0.4) is 0 Å². The Labute approximate surface area is 138 Å². The third kappa shape index (κ3) is 4.12. The minimum Gasteiger partial charge on any atom is -0.342 e. The predicted octanol–water partition coefficient (Wildman–Crippen LogP) is 1.69. The molecule has 0 saturated carbocycles. The Bertz CT molecular complexity index is 540. The molecule has 0 unspecified atom stereocenters. The number of rotatable bonds is 7. The Morgan fingerprint density at radius 2 is 2.13 bits per heavy atom. The van der Waals surface area contributed by atoms with Crippen molar-refractivity contribution in [3.8, 4) is 0 Å². The smallest absolute Gasteiger partial charge is 0.245 e. The third-order valence-electron chi connectivity index (χ3n) is 4.55. The molecule has 2 heterocycles. The molecule has 2 rings (SSSR count). The number of hydrogen-bond donors (Lipinski definition) is 0. The van der Waals surface area contributed by atoms with Crippen molar-refractivity contribution in [1.82, 2.24) is 19.4 Å². The first kappa shape index (κ1) is 17.5. The van der Waals surface area contributed by atoms with Crippen LogP contribution in [0.5, 0.6) is 0 Å². The van der Waals surface area contributed by atoms with Gasteiger partial charge >= 0.3 is 0 Å². The standard InChI is InChI=1S/C17H28N4O2/c1-4-6-7-14-17(23)19(3)12-13-21(14)16(22)8-10-20-11-9-18-15(20)5-2/h9,11,14H,4-8,10,12-13H2,1-3H3/t14-/m0/s1. The van der Waals surface area contributed by atoms with Gasteiger partial charge in [-0.3, -0.25) is 9.59 Å². The molecule has 1 fully saturated rings.